The van der Waals surface area contributed by atoms with Crippen molar-refractivity contribution in [2.24, 2.45) is 0 Å². The van der Waals surface area contributed by atoms with Gasteiger partial charge in [0.25, 0.3) is 0 Å². The van der Waals surface area contributed by atoms with Crippen LogP contribution in [0.3, 0.4) is 0 Å². The van der Waals surface area contributed by atoms with Crippen LogP contribution in [0.4, 0.5) is 0 Å². The Morgan fingerprint density at radius 1 is 1.09 bits per heavy atom. The van der Waals surface area contributed by atoms with Gasteiger partial charge >= 0.3 is 5.97 Å². The molecule has 4 rings (SSSR count). The molecule has 170 valence electrons. The van der Waals surface area contributed by atoms with Crippen molar-refractivity contribution in [2.45, 2.75) is 26.4 Å². The molecule has 0 fully saturated rings. The van der Waals surface area contributed by atoms with E-state index in [-0.39, 0.29) is 0 Å². The van der Waals surface area contributed by atoms with Gasteiger partial charge in [0.2, 0.25) is 0 Å². The lowest BCUT2D eigenvalue weighted by atomic mass is 10.1. The van der Waals surface area contributed by atoms with Crippen molar-refractivity contribution < 1.29 is 14.6 Å². The molecular weight excluding hydrogens is 436 g/mol. The summed E-state index contributed by atoms with van der Waals surface area (Å²) in [6.07, 6.45) is 0.770. The van der Waals surface area contributed by atoms with Crippen molar-refractivity contribution in [2.75, 3.05) is 13.7 Å². The predicted octanol–water partition coefficient (Wildman–Crippen LogP) is 5.69. The van der Waals surface area contributed by atoms with Crippen LogP contribution in [0.25, 0.3) is 10.9 Å². The van der Waals surface area contributed by atoms with Crippen molar-refractivity contribution in [1.29, 1.82) is 0 Å². The number of carboxylic acid groups (broad SMARTS) is 1. The first-order valence-corrected chi connectivity index (χ1v) is 11.3. The quantitative estimate of drug-likeness (QED) is 0.313. The first kappa shape index (κ1) is 22.9. The van der Waals surface area contributed by atoms with Crippen LogP contribution in [0.2, 0.25) is 5.02 Å². The normalized spacial score (nSPS) is 11.1. The van der Waals surface area contributed by atoms with Gasteiger partial charge in [-0.2, -0.15) is 0 Å². The molecule has 1 heterocycles. The van der Waals surface area contributed by atoms with Crippen molar-refractivity contribution >= 4 is 28.5 Å². The average molecular weight is 463 g/mol. The summed E-state index contributed by atoms with van der Waals surface area (Å²) in [6, 6.07) is 21.6. The van der Waals surface area contributed by atoms with E-state index in [4.69, 9.17) is 16.3 Å². The maximum Gasteiger partial charge on any atom is 0.352 e. The number of carbonyl (C=O) groups is 1. The van der Waals surface area contributed by atoms with Gasteiger partial charge in [-0.05, 0) is 60.8 Å². The molecule has 0 bridgehead atoms. The molecule has 2 N–H and O–H groups in total. The first-order valence-electron chi connectivity index (χ1n) is 10.9. The second-order valence-corrected chi connectivity index (χ2v) is 8.51. The standard InChI is InChI=1S/C27H27ClN2O3/c1-18-7-12-22-23(16-29-14-13-20-5-3-4-6-24(20)28)26(27(31)32)30(25(22)15-18)17-19-8-10-21(33-2)11-9-19/h3-12,15,29H,13-14,16-17H2,1-2H3,(H,31,32). The number of aromatic carboxylic acids is 1. The SMILES string of the molecule is COc1ccc(Cn2c(C(=O)O)c(CNCCc3ccccc3Cl)c3ccc(C)cc32)cc1. The minimum Gasteiger partial charge on any atom is -0.497 e. The fourth-order valence-corrected chi connectivity index (χ4v) is 4.40. The number of nitrogens with one attached hydrogen (secondary N) is 1. The maximum absolute atomic E-state index is 12.4. The van der Waals surface area contributed by atoms with Crippen molar-refractivity contribution in [3.05, 3.63) is 99.7 Å². The van der Waals surface area contributed by atoms with Gasteiger partial charge in [0.15, 0.2) is 0 Å². The molecule has 0 amide bonds. The highest BCUT2D eigenvalue weighted by Crippen LogP contribution is 2.29. The Bertz CT molecular complexity index is 1280. The molecule has 0 atom stereocenters. The summed E-state index contributed by atoms with van der Waals surface area (Å²) in [7, 11) is 1.63. The van der Waals surface area contributed by atoms with E-state index in [2.05, 4.69) is 11.4 Å². The molecule has 5 nitrogen and oxygen atoms in total. The van der Waals surface area contributed by atoms with E-state index in [1.54, 1.807) is 7.11 Å². The molecule has 0 aliphatic heterocycles. The Labute approximate surface area is 198 Å². The second-order valence-electron chi connectivity index (χ2n) is 8.11. The molecule has 0 aliphatic rings. The van der Waals surface area contributed by atoms with Crippen LogP contribution >= 0.6 is 11.6 Å². The molecule has 1 aromatic heterocycles. The third-order valence-corrected chi connectivity index (χ3v) is 6.23. The minimum absolute atomic E-state index is 0.316. The van der Waals surface area contributed by atoms with E-state index < -0.39 is 5.97 Å². The number of aryl methyl sites for hydroxylation is 1. The smallest absolute Gasteiger partial charge is 0.352 e. The number of rotatable bonds is 9. The molecule has 0 unspecified atom stereocenters. The lowest BCUT2D eigenvalue weighted by molar-refractivity contribution is 0.0684. The molecule has 0 spiro atoms. The highest BCUT2D eigenvalue weighted by atomic mass is 35.5. The van der Waals surface area contributed by atoms with Crippen molar-refractivity contribution in [3.63, 3.8) is 0 Å². The lowest BCUT2D eigenvalue weighted by Gasteiger charge is -2.11. The van der Waals surface area contributed by atoms with E-state index in [0.29, 0.717) is 25.3 Å². The number of carboxylic acids is 1. The van der Waals surface area contributed by atoms with Crippen LogP contribution in [-0.4, -0.2) is 29.3 Å². The number of hydrogen-bond acceptors (Lipinski definition) is 3. The van der Waals surface area contributed by atoms with Gasteiger partial charge in [-0.25, -0.2) is 4.79 Å². The molecule has 0 radical (unpaired) electrons. The summed E-state index contributed by atoms with van der Waals surface area (Å²) in [5.74, 6) is -0.158. The van der Waals surface area contributed by atoms with Crippen LogP contribution in [0.15, 0.2) is 66.7 Å². The number of benzene rings is 3. The monoisotopic (exact) mass is 462 g/mol. The number of hydrogen-bond donors (Lipinski definition) is 2. The van der Waals surface area contributed by atoms with Crippen molar-refractivity contribution in [3.8, 4) is 5.75 Å². The summed E-state index contributed by atoms with van der Waals surface area (Å²) in [5, 5.41) is 15.3. The van der Waals surface area contributed by atoms with Crippen LogP contribution in [0.5, 0.6) is 5.75 Å². The molecule has 0 saturated carbocycles. The lowest BCUT2D eigenvalue weighted by Crippen LogP contribution is -2.19. The zero-order valence-corrected chi connectivity index (χ0v) is 19.5. The second kappa shape index (κ2) is 10.1. The summed E-state index contributed by atoms with van der Waals surface area (Å²) >= 11 is 6.26. The Morgan fingerprint density at radius 3 is 2.55 bits per heavy atom. The highest BCUT2D eigenvalue weighted by molar-refractivity contribution is 6.31. The largest absolute Gasteiger partial charge is 0.497 e. The van der Waals surface area contributed by atoms with Gasteiger partial charge in [-0.3, -0.25) is 0 Å². The van der Waals surface area contributed by atoms with E-state index in [1.807, 2.05) is 72.2 Å². The fourth-order valence-electron chi connectivity index (χ4n) is 4.17. The third kappa shape index (κ3) is 5.05. The molecule has 3 aromatic carbocycles. The van der Waals surface area contributed by atoms with E-state index in [9.17, 15) is 9.90 Å². The molecular formula is C27H27ClN2O3. The fraction of sp³-hybridized carbons (Fsp3) is 0.222. The number of fused-ring (bicyclic) bond motifs is 1. The number of ether oxygens (including phenoxy) is 1. The number of halogens is 1. The van der Waals surface area contributed by atoms with Crippen LogP contribution in [-0.2, 0) is 19.5 Å². The average Bonchev–Trinajstić information content (AvgIpc) is 3.11. The Balaban J connectivity index is 1.64. The first-order chi connectivity index (χ1) is 16.0. The van der Waals surface area contributed by atoms with Gasteiger partial charge in [-0.15, -0.1) is 0 Å². The third-order valence-electron chi connectivity index (χ3n) is 5.86. The van der Waals surface area contributed by atoms with E-state index >= 15 is 0 Å². The summed E-state index contributed by atoms with van der Waals surface area (Å²) in [4.78, 5) is 12.4. The van der Waals surface area contributed by atoms with Gasteiger partial charge in [-0.1, -0.05) is 54.1 Å². The van der Waals surface area contributed by atoms with Crippen LogP contribution in [0.1, 0.15) is 32.7 Å². The van der Waals surface area contributed by atoms with E-state index in [0.717, 1.165) is 50.3 Å². The maximum atomic E-state index is 12.4. The summed E-state index contributed by atoms with van der Waals surface area (Å²) < 4.78 is 7.15. The summed E-state index contributed by atoms with van der Waals surface area (Å²) in [5.41, 5.74) is 5.21. The number of aromatic nitrogens is 1. The predicted molar refractivity (Wildman–Crippen MR) is 133 cm³/mol. The number of methoxy groups -OCH3 is 1. The van der Waals surface area contributed by atoms with E-state index in [1.165, 1.54) is 0 Å². The topological polar surface area (TPSA) is 63.5 Å². The van der Waals surface area contributed by atoms with Gasteiger partial charge in [0.1, 0.15) is 11.4 Å². The molecule has 33 heavy (non-hydrogen) atoms. The van der Waals surface area contributed by atoms with Gasteiger partial charge in [0, 0.05) is 34.6 Å². The van der Waals surface area contributed by atoms with Crippen LogP contribution < -0.4 is 10.1 Å². The molecule has 0 aliphatic carbocycles. The molecule has 0 saturated heterocycles. The zero-order valence-electron chi connectivity index (χ0n) is 18.8. The Morgan fingerprint density at radius 2 is 1.85 bits per heavy atom. The van der Waals surface area contributed by atoms with Gasteiger partial charge in [0.05, 0.1) is 7.11 Å². The Hall–Kier alpha value is -3.28. The minimum atomic E-state index is -0.930. The summed E-state index contributed by atoms with van der Waals surface area (Å²) in [6.45, 7) is 3.64. The highest BCUT2D eigenvalue weighted by Gasteiger charge is 2.22. The molecule has 6 heteroatoms. The van der Waals surface area contributed by atoms with Crippen LogP contribution in [0, 0.1) is 6.92 Å². The van der Waals surface area contributed by atoms with Crippen molar-refractivity contribution in [1.82, 2.24) is 9.88 Å². The molecule has 4 aromatic rings. The van der Waals surface area contributed by atoms with Gasteiger partial charge < -0.3 is 19.7 Å². The number of nitrogens with zero attached hydrogens (tertiary/aromatic N) is 1. The zero-order chi connectivity index (χ0) is 23.4. The Kier molecular flexibility index (Phi) is 7.02.